The van der Waals surface area contributed by atoms with Crippen LogP contribution in [0.1, 0.15) is 78.9 Å². The smallest absolute Gasteiger partial charge is 0.340 e. The first-order valence-electron chi connectivity index (χ1n) is 10.6. The van der Waals surface area contributed by atoms with E-state index in [1.165, 1.54) is 0 Å². The number of ketones is 1. The van der Waals surface area contributed by atoms with E-state index in [1.807, 2.05) is 65.0 Å². The van der Waals surface area contributed by atoms with E-state index in [0.29, 0.717) is 29.0 Å². The number of fused-ring (bicyclic) bond motifs is 1. The van der Waals surface area contributed by atoms with Crippen molar-refractivity contribution in [2.45, 2.75) is 65.0 Å². The van der Waals surface area contributed by atoms with Crippen molar-refractivity contribution in [1.29, 1.82) is 0 Å². The van der Waals surface area contributed by atoms with Gasteiger partial charge in [0.2, 0.25) is 0 Å². The molecule has 0 spiro atoms. The van der Waals surface area contributed by atoms with Crippen molar-refractivity contribution in [3.63, 3.8) is 0 Å². The fraction of sp³-hybridized carbons (Fsp3) is 0.440. The van der Waals surface area contributed by atoms with Crippen LogP contribution < -0.4 is 10.1 Å². The Hall–Kier alpha value is -2.47. The highest BCUT2D eigenvalue weighted by Crippen LogP contribution is 2.39. The number of Topliss-reactive ketones (excluding diaryl/α,β-unsaturated/α-hetero) is 1. The van der Waals surface area contributed by atoms with Crippen LogP contribution >= 0.6 is 11.8 Å². The number of hydrogen-bond donors (Lipinski definition) is 1. The number of thioether (sulfide) groups is 1. The predicted molar refractivity (Wildman–Crippen MR) is 126 cm³/mol. The van der Waals surface area contributed by atoms with Gasteiger partial charge in [-0.25, -0.2) is 4.79 Å². The van der Waals surface area contributed by atoms with Crippen LogP contribution in [0.2, 0.25) is 0 Å². The molecule has 0 saturated carbocycles. The number of carbonyl (C=O) groups is 2. The number of anilines is 1. The molecule has 166 valence electrons. The van der Waals surface area contributed by atoms with E-state index in [2.05, 4.69) is 12.2 Å². The summed E-state index contributed by atoms with van der Waals surface area (Å²) in [5, 5.41) is 3.43. The fourth-order valence-electron chi connectivity index (χ4n) is 3.61. The molecule has 3 rings (SSSR count). The largest absolute Gasteiger partial charge is 0.478 e. The topological polar surface area (TPSA) is 64.6 Å². The minimum atomic E-state index is -0.578. The average molecular weight is 442 g/mol. The van der Waals surface area contributed by atoms with Gasteiger partial charge in [-0.05, 0) is 64.1 Å². The second-order valence-electron chi connectivity index (χ2n) is 8.77. The van der Waals surface area contributed by atoms with E-state index >= 15 is 0 Å². The molecule has 1 heterocycles. The van der Waals surface area contributed by atoms with Crippen molar-refractivity contribution in [3.8, 4) is 5.75 Å². The maximum Gasteiger partial charge on any atom is 0.340 e. The predicted octanol–water partition coefficient (Wildman–Crippen LogP) is 6.17. The third kappa shape index (κ3) is 5.62. The molecule has 2 aromatic rings. The summed E-state index contributed by atoms with van der Waals surface area (Å²) in [4.78, 5) is 25.5. The standard InChI is InChI=1S/C25H31NO4S/c1-7-31-22-14-21(27)19-13-15(2)12-18(23(19)29-22)16(3)26-20-11-9-8-10-17(20)24(28)30-25(4,5)6/h8-13,16,22,26H,7,14H2,1-6H3. The minimum absolute atomic E-state index is 0.110. The maximum atomic E-state index is 12.8. The number of benzene rings is 2. The Balaban J connectivity index is 1.93. The Morgan fingerprint density at radius 2 is 2.00 bits per heavy atom. The molecule has 1 aliphatic rings. The molecule has 1 N–H and O–H groups in total. The molecule has 2 aromatic carbocycles. The molecule has 0 aromatic heterocycles. The van der Waals surface area contributed by atoms with Crippen LogP contribution in [0.15, 0.2) is 36.4 Å². The summed E-state index contributed by atoms with van der Waals surface area (Å²) in [6.45, 7) is 11.6. The van der Waals surface area contributed by atoms with Gasteiger partial charge in [-0.2, -0.15) is 0 Å². The van der Waals surface area contributed by atoms with Gasteiger partial charge >= 0.3 is 5.97 Å². The molecule has 2 atom stereocenters. The monoisotopic (exact) mass is 441 g/mol. The summed E-state index contributed by atoms with van der Waals surface area (Å²) in [7, 11) is 0. The van der Waals surface area contributed by atoms with Crippen LogP contribution in [0.25, 0.3) is 0 Å². The van der Waals surface area contributed by atoms with E-state index in [-0.39, 0.29) is 23.2 Å². The molecule has 2 unspecified atom stereocenters. The Morgan fingerprint density at radius 3 is 2.68 bits per heavy atom. The van der Waals surface area contributed by atoms with E-state index in [0.717, 1.165) is 16.9 Å². The second kappa shape index (κ2) is 9.35. The minimum Gasteiger partial charge on any atom is -0.478 e. The lowest BCUT2D eigenvalue weighted by atomic mass is 9.95. The number of para-hydroxylation sites is 1. The normalized spacial score (nSPS) is 16.8. The van der Waals surface area contributed by atoms with Gasteiger partial charge in [0.25, 0.3) is 0 Å². The molecule has 31 heavy (non-hydrogen) atoms. The van der Waals surface area contributed by atoms with Gasteiger partial charge in [-0.1, -0.05) is 25.1 Å². The van der Waals surface area contributed by atoms with E-state index in [4.69, 9.17) is 9.47 Å². The Morgan fingerprint density at radius 1 is 1.29 bits per heavy atom. The zero-order valence-electron chi connectivity index (χ0n) is 19.1. The number of carbonyl (C=O) groups excluding carboxylic acids is 2. The summed E-state index contributed by atoms with van der Waals surface area (Å²) < 4.78 is 11.8. The number of aryl methyl sites for hydroxylation is 1. The molecular weight excluding hydrogens is 410 g/mol. The Labute approximate surface area is 188 Å². The summed E-state index contributed by atoms with van der Waals surface area (Å²) in [5.41, 5.74) is 2.95. The number of nitrogens with one attached hydrogen (secondary N) is 1. The van der Waals surface area contributed by atoms with Crippen LogP contribution in [0.3, 0.4) is 0 Å². The quantitative estimate of drug-likeness (QED) is 0.541. The zero-order valence-corrected chi connectivity index (χ0v) is 19.9. The summed E-state index contributed by atoms with van der Waals surface area (Å²) in [5.74, 6) is 1.26. The molecule has 1 aliphatic heterocycles. The number of ether oxygens (including phenoxy) is 2. The average Bonchev–Trinajstić information content (AvgIpc) is 2.67. The van der Waals surface area contributed by atoms with Crippen molar-refractivity contribution in [3.05, 3.63) is 58.7 Å². The third-order valence-corrected chi connectivity index (χ3v) is 5.87. The van der Waals surface area contributed by atoms with Gasteiger partial charge in [-0.15, -0.1) is 11.8 Å². The summed E-state index contributed by atoms with van der Waals surface area (Å²) in [6.07, 6.45) is 0.387. The highest BCUT2D eigenvalue weighted by Gasteiger charge is 2.30. The van der Waals surface area contributed by atoms with E-state index < -0.39 is 5.60 Å². The van der Waals surface area contributed by atoms with Crippen molar-refractivity contribution in [2.24, 2.45) is 0 Å². The van der Waals surface area contributed by atoms with Crippen molar-refractivity contribution in [1.82, 2.24) is 0 Å². The molecule has 0 radical (unpaired) electrons. The van der Waals surface area contributed by atoms with Gasteiger partial charge in [0.1, 0.15) is 11.4 Å². The Bertz CT molecular complexity index is 980. The molecular formula is C25H31NO4S. The van der Waals surface area contributed by atoms with Crippen molar-refractivity contribution in [2.75, 3.05) is 11.1 Å². The molecule has 6 heteroatoms. The first-order valence-corrected chi connectivity index (χ1v) is 11.7. The third-order valence-electron chi connectivity index (χ3n) is 4.90. The summed E-state index contributed by atoms with van der Waals surface area (Å²) >= 11 is 1.64. The summed E-state index contributed by atoms with van der Waals surface area (Å²) in [6, 6.07) is 11.1. The second-order valence-corrected chi connectivity index (χ2v) is 10.2. The fourth-order valence-corrected chi connectivity index (χ4v) is 4.41. The number of rotatable bonds is 6. The van der Waals surface area contributed by atoms with Crippen LogP contribution in [-0.2, 0) is 4.74 Å². The van der Waals surface area contributed by atoms with E-state index in [9.17, 15) is 9.59 Å². The van der Waals surface area contributed by atoms with Crippen molar-refractivity contribution >= 4 is 29.2 Å². The molecule has 0 amide bonds. The lowest BCUT2D eigenvalue weighted by molar-refractivity contribution is 0.00705. The number of hydrogen-bond acceptors (Lipinski definition) is 6. The van der Waals surface area contributed by atoms with Crippen LogP contribution in [0, 0.1) is 6.92 Å². The van der Waals surface area contributed by atoms with Crippen LogP contribution in [0.4, 0.5) is 5.69 Å². The van der Waals surface area contributed by atoms with E-state index in [1.54, 1.807) is 17.8 Å². The highest BCUT2D eigenvalue weighted by atomic mass is 32.2. The van der Waals surface area contributed by atoms with Crippen LogP contribution in [-0.4, -0.2) is 28.5 Å². The first-order chi connectivity index (χ1) is 14.6. The molecule has 0 aliphatic carbocycles. The molecule has 0 fully saturated rings. The number of esters is 1. The van der Waals surface area contributed by atoms with Gasteiger partial charge < -0.3 is 14.8 Å². The first kappa shape index (κ1) is 23.2. The van der Waals surface area contributed by atoms with Gasteiger partial charge in [0.15, 0.2) is 11.2 Å². The lowest BCUT2D eigenvalue weighted by Gasteiger charge is -2.29. The van der Waals surface area contributed by atoms with Crippen LogP contribution in [0.5, 0.6) is 5.75 Å². The Kier molecular flexibility index (Phi) is 6.99. The molecule has 0 bridgehead atoms. The lowest BCUT2D eigenvalue weighted by Crippen LogP contribution is -2.27. The van der Waals surface area contributed by atoms with Gasteiger partial charge in [0, 0.05) is 11.3 Å². The molecule has 0 saturated heterocycles. The maximum absolute atomic E-state index is 12.8. The van der Waals surface area contributed by atoms with Crippen molar-refractivity contribution < 1.29 is 19.1 Å². The SMILES string of the molecule is CCSC1CC(=O)c2cc(C)cc(C(C)Nc3ccccc3C(=O)OC(C)(C)C)c2O1. The zero-order chi connectivity index (χ0) is 22.8. The highest BCUT2D eigenvalue weighted by molar-refractivity contribution is 7.99. The molecule has 5 nitrogen and oxygen atoms in total. The van der Waals surface area contributed by atoms with Gasteiger partial charge in [0.05, 0.1) is 23.6 Å². The van der Waals surface area contributed by atoms with Gasteiger partial charge in [-0.3, -0.25) is 4.79 Å².